The summed E-state index contributed by atoms with van der Waals surface area (Å²) in [6.45, 7) is 6.99. The van der Waals surface area contributed by atoms with Crippen LogP contribution in [0.4, 0.5) is 0 Å². The molecule has 0 amide bonds. The molecule has 0 heterocycles. The summed E-state index contributed by atoms with van der Waals surface area (Å²) < 4.78 is 0. The third-order valence-corrected chi connectivity index (χ3v) is 4.66. The van der Waals surface area contributed by atoms with Crippen LogP contribution in [-0.2, 0) is 0 Å². The highest BCUT2D eigenvalue weighted by molar-refractivity contribution is 6.78. The number of rotatable bonds is 4. The Morgan fingerprint density at radius 2 is 2.00 bits per heavy atom. The van der Waals surface area contributed by atoms with Gasteiger partial charge in [-0.25, -0.2) is 0 Å². The molecule has 0 fully saturated rings. The van der Waals surface area contributed by atoms with Gasteiger partial charge in [-0.15, -0.1) is 12.3 Å². The van der Waals surface area contributed by atoms with E-state index in [9.17, 15) is 0 Å². The van der Waals surface area contributed by atoms with E-state index in [-0.39, 0.29) is 0 Å². The fraction of sp³-hybridized carbons (Fsp3) is 0.778. The van der Waals surface area contributed by atoms with Gasteiger partial charge in [-0.2, -0.15) is 0 Å². The van der Waals surface area contributed by atoms with E-state index in [0.29, 0.717) is 0 Å². The van der Waals surface area contributed by atoms with Crippen molar-refractivity contribution < 1.29 is 0 Å². The van der Waals surface area contributed by atoms with Crippen LogP contribution in [-0.4, -0.2) is 8.07 Å². The van der Waals surface area contributed by atoms with E-state index >= 15 is 0 Å². The van der Waals surface area contributed by atoms with Crippen molar-refractivity contribution in [1.82, 2.24) is 0 Å². The maximum Gasteiger partial charge on any atom is 0.0603 e. The first-order valence-electron chi connectivity index (χ1n) is 4.06. The molecule has 0 radical (unpaired) electrons. The van der Waals surface area contributed by atoms with E-state index in [1.165, 1.54) is 18.9 Å². The summed E-state index contributed by atoms with van der Waals surface area (Å²) in [6, 6.07) is 2.45. The minimum absolute atomic E-state index is 0.960. The molecule has 0 aromatic carbocycles. The Labute approximate surface area is 66.0 Å². The second-order valence-corrected chi connectivity index (χ2v) is 8.83. The fourth-order valence-corrected chi connectivity index (χ4v) is 3.06. The predicted molar refractivity (Wildman–Crippen MR) is 50.8 cm³/mol. The zero-order chi connectivity index (χ0) is 8.04. The van der Waals surface area contributed by atoms with Crippen molar-refractivity contribution in [3.8, 4) is 12.3 Å². The minimum atomic E-state index is -0.960. The molecule has 10 heavy (non-hydrogen) atoms. The molecular weight excluding hydrogens is 136 g/mol. The van der Waals surface area contributed by atoms with Gasteiger partial charge in [0.2, 0.25) is 0 Å². The molecule has 0 aliphatic carbocycles. The van der Waals surface area contributed by atoms with Gasteiger partial charge in [-0.1, -0.05) is 38.9 Å². The van der Waals surface area contributed by atoms with Gasteiger partial charge in [0, 0.05) is 6.04 Å². The highest BCUT2D eigenvalue weighted by Crippen LogP contribution is 2.17. The molecule has 0 nitrogen and oxygen atoms in total. The van der Waals surface area contributed by atoms with Gasteiger partial charge in [0.1, 0.15) is 0 Å². The Morgan fingerprint density at radius 1 is 1.40 bits per heavy atom. The lowest BCUT2D eigenvalue weighted by Crippen LogP contribution is -2.23. The zero-order valence-electron chi connectivity index (χ0n) is 7.41. The highest BCUT2D eigenvalue weighted by Gasteiger charge is 2.17. The summed E-state index contributed by atoms with van der Waals surface area (Å²) in [7, 11) is -0.960. The van der Waals surface area contributed by atoms with Gasteiger partial charge in [-0.05, 0) is 0 Å². The number of hydrogen-bond acceptors (Lipinski definition) is 0. The molecule has 0 atom stereocenters. The van der Waals surface area contributed by atoms with Crippen LogP contribution in [0.5, 0.6) is 0 Å². The van der Waals surface area contributed by atoms with E-state index in [2.05, 4.69) is 25.9 Å². The molecule has 0 rings (SSSR count). The van der Waals surface area contributed by atoms with Crippen LogP contribution in [0.25, 0.3) is 0 Å². The normalized spacial score (nSPS) is 11.0. The Bertz CT molecular complexity index is 119. The minimum Gasteiger partial charge on any atom is -0.120 e. The largest absolute Gasteiger partial charge is 0.120 e. The zero-order valence-corrected chi connectivity index (χ0v) is 8.41. The Balaban J connectivity index is 3.55. The van der Waals surface area contributed by atoms with Crippen LogP contribution in [0.3, 0.4) is 0 Å². The average molecular weight is 154 g/mol. The molecule has 1 heteroatoms. The number of terminal acetylenes is 1. The third-order valence-electron chi connectivity index (χ3n) is 1.79. The smallest absolute Gasteiger partial charge is 0.0603 e. The van der Waals surface area contributed by atoms with Gasteiger partial charge in [-0.3, -0.25) is 0 Å². The summed E-state index contributed by atoms with van der Waals surface area (Å²) in [5, 5.41) is 0. The van der Waals surface area contributed by atoms with Gasteiger partial charge < -0.3 is 0 Å². The highest BCUT2D eigenvalue weighted by atomic mass is 28.3. The van der Waals surface area contributed by atoms with Crippen molar-refractivity contribution in [1.29, 1.82) is 0 Å². The lowest BCUT2D eigenvalue weighted by molar-refractivity contribution is 0.866. The molecular formula is C9H18Si. The Morgan fingerprint density at radius 3 is 2.40 bits per heavy atom. The van der Waals surface area contributed by atoms with Crippen molar-refractivity contribution in [2.24, 2.45) is 0 Å². The first kappa shape index (κ1) is 9.78. The molecule has 58 valence electrons. The molecule has 0 N–H and O–H groups in total. The topological polar surface area (TPSA) is 0 Å². The van der Waals surface area contributed by atoms with Crippen molar-refractivity contribution in [2.75, 3.05) is 0 Å². The molecule has 0 aromatic rings. The maximum atomic E-state index is 5.27. The standard InChI is InChI=1S/C9H18Si/c1-5-7-9-10(3,4)8-6-2/h2H,5,7-9H2,1,3-4H3. The van der Waals surface area contributed by atoms with Crippen LogP contribution in [0.2, 0.25) is 25.2 Å². The summed E-state index contributed by atoms with van der Waals surface area (Å²) in [6.07, 6.45) is 7.94. The molecule has 0 aromatic heterocycles. The van der Waals surface area contributed by atoms with E-state index in [4.69, 9.17) is 6.42 Å². The van der Waals surface area contributed by atoms with Crippen molar-refractivity contribution in [2.45, 2.75) is 44.9 Å². The van der Waals surface area contributed by atoms with Gasteiger partial charge in [0.25, 0.3) is 0 Å². The van der Waals surface area contributed by atoms with E-state index in [1.807, 2.05) is 0 Å². The second kappa shape index (κ2) is 4.57. The van der Waals surface area contributed by atoms with Crippen LogP contribution in [0, 0.1) is 12.3 Å². The summed E-state index contributed by atoms with van der Waals surface area (Å²) >= 11 is 0. The SMILES string of the molecule is C#CC[Si](C)(C)CCCC. The third kappa shape index (κ3) is 4.64. The first-order valence-corrected chi connectivity index (χ1v) is 7.47. The van der Waals surface area contributed by atoms with Crippen molar-refractivity contribution >= 4 is 8.07 Å². The molecule has 0 saturated heterocycles. The molecule has 0 aliphatic heterocycles. The molecule has 0 saturated carbocycles. The van der Waals surface area contributed by atoms with E-state index in [0.717, 1.165) is 6.04 Å². The van der Waals surface area contributed by atoms with Crippen LogP contribution in [0.1, 0.15) is 19.8 Å². The van der Waals surface area contributed by atoms with E-state index < -0.39 is 8.07 Å². The molecule has 0 aliphatic rings. The molecule has 0 unspecified atom stereocenters. The Hall–Kier alpha value is -0.223. The predicted octanol–water partition coefficient (Wildman–Crippen LogP) is 3.13. The average Bonchev–Trinajstić information content (AvgIpc) is 1.84. The molecule has 0 spiro atoms. The van der Waals surface area contributed by atoms with Crippen LogP contribution >= 0.6 is 0 Å². The van der Waals surface area contributed by atoms with E-state index in [1.54, 1.807) is 0 Å². The summed E-state index contributed by atoms with van der Waals surface area (Å²) in [5.41, 5.74) is 0. The summed E-state index contributed by atoms with van der Waals surface area (Å²) in [5.74, 6) is 2.78. The summed E-state index contributed by atoms with van der Waals surface area (Å²) in [4.78, 5) is 0. The monoisotopic (exact) mass is 154 g/mol. The van der Waals surface area contributed by atoms with Crippen LogP contribution < -0.4 is 0 Å². The van der Waals surface area contributed by atoms with Gasteiger partial charge in [0.15, 0.2) is 0 Å². The molecule has 0 bridgehead atoms. The number of unbranched alkanes of at least 4 members (excludes halogenated alkanes) is 1. The van der Waals surface area contributed by atoms with Crippen molar-refractivity contribution in [3.63, 3.8) is 0 Å². The lowest BCUT2D eigenvalue weighted by atomic mass is 10.4. The quantitative estimate of drug-likeness (QED) is 0.431. The Kier molecular flexibility index (Phi) is 4.47. The second-order valence-electron chi connectivity index (χ2n) is 3.65. The number of hydrogen-bond donors (Lipinski definition) is 0. The van der Waals surface area contributed by atoms with Crippen LogP contribution in [0.15, 0.2) is 0 Å². The van der Waals surface area contributed by atoms with Gasteiger partial charge >= 0.3 is 0 Å². The first-order chi connectivity index (χ1) is 4.62. The lowest BCUT2D eigenvalue weighted by Gasteiger charge is -2.18. The van der Waals surface area contributed by atoms with Crippen molar-refractivity contribution in [3.05, 3.63) is 0 Å². The van der Waals surface area contributed by atoms with Gasteiger partial charge in [0.05, 0.1) is 8.07 Å². The maximum absolute atomic E-state index is 5.27. The fourth-order valence-electron chi connectivity index (χ4n) is 1.02.